The zero-order valence-corrected chi connectivity index (χ0v) is 9.56. The van der Waals surface area contributed by atoms with Gasteiger partial charge in [0.1, 0.15) is 0 Å². The van der Waals surface area contributed by atoms with E-state index >= 15 is 0 Å². The first-order valence-corrected chi connectivity index (χ1v) is 5.06. The Morgan fingerprint density at radius 3 is 2.94 bits per heavy atom. The number of hydrogen-bond acceptors (Lipinski definition) is 7. The summed E-state index contributed by atoms with van der Waals surface area (Å²) in [5.74, 6) is 4.77. The number of hydrazine groups is 1. The standard InChI is InChI=1S/C9H16FN5O2/c1-17-5-3-15(2-4-16)8-7(10)6-12-9(13-8)14-11/h6,16H,2-5,11H2,1H3,(H,12,13,14). The molecule has 0 bridgehead atoms. The van der Waals surface area contributed by atoms with Crippen LogP contribution in [0.5, 0.6) is 0 Å². The lowest BCUT2D eigenvalue weighted by molar-refractivity contribution is 0.202. The van der Waals surface area contributed by atoms with Gasteiger partial charge in [-0.05, 0) is 0 Å². The quantitative estimate of drug-likeness (QED) is 0.433. The molecule has 0 aliphatic rings. The van der Waals surface area contributed by atoms with E-state index in [0.717, 1.165) is 6.20 Å². The summed E-state index contributed by atoms with van der Waals surface area (Å²) in [6.07, 6.45) is 1.02. The molecule has 0 radical (unpaired) electrons. The molecule has 17 heavy (non-hydrogen) atoms. The van der Waals surface area contributed by atoms with Gasteiger partial charge < -0.3 is 14.7 Å². The number of nitrogens with one attached hydrogen (secondary N) is 1. The smallest absolute Gasteiger partial charge is 0.239 e. The first kappa shape index (κ1) is 13.6. The fourth-order valence-corrected chi connectivity index (χ4v) is 1.30. The third kappa shape index (κ3) is 3.77. The molecule has 0 unspecified atom stereocenters. The van der Waals surface area contributed by atoms with Gasteiger partial charge in [-0.15, -0.1) is 0 Å². The Balaban J connectivity index is 2.90. The molecule has 1 aromatic heterocycles. The molecule has 0 aliphatic carbocycles. The van der Waals surface area contributed by atoms with Crippen molar-refractivity contribution in [3.8, 4) is 0 Å². The molecule has 1 aromatic rings. The van der Waals surface area contributed by atoms with Crippen LogP contribution in [0, 0.1) is 5.82 Å². The zero-order chi connectivity index (χ0) is 12.7. The number of anilines is 2. The van der Waals surface area contributed by atoms with Crippen LogP contribution in [0.3, 0.4) is 0 Å². The van der Waals surface area contributed by atoms with Gasteiger partial charge in [0.25, 0.3) is 0 Å². The van der Waals surface area contributed by atoms with Crippen LogP contribution in [0.1, 0.15) is 0 Å². The molecule has 0 fully saturated rings. The molecule has 0 saturated carbocycles. The Bertz CT molecular complexity index is 352. The Kier molecular flexibility index (Phi) is 5.53. The Morgan fingerprint density at radius 2 is 2.35 bits per heavy atom. The summed E-state index contributed by atoms with van der Waals surface area (Å²) in [4.78, 5) is 9.09. The predicted molar refractivity (Wildman–Crippen MR) is 61.0 cm³/mol. The molecule has 8 heteroatoms. The van der Waals surface area contributed by atoms with Crippen molar-refractivity contribution >= 4 is 11.8 Å². The molecule has 0 saturated heterocycles. The SMILES string of the molecule is COCCN(CCO)c1nc(NN)ncc1F. The molecule has 4 N–H and O–H groups in total. The molecule has 0 aromatic carbocycles. The van der Waals surface area contributed by atoms with Gasteiger partial charge in [0.2, 0.25) is 5.95 Å². The third-order valence-corrected chi connectivity index (χ3v) is 2.09. The maximum Gasteiger partial charge on any atom is 0.239 e. The summed E-state index contributed by atoms with van der Waals surface area (Å²) < 4.78 is 18.5. The van der Waals surface area contributed by atoms with Crippen LogP contribution in [-0.4, -0.2) is 48.5 Å². The first-order chi connectivity index (χ1) is 8.22. The van der Waals surface area contributed by atoms with Crippen molar-refractivity contribution in [3.05, 3.63) is 12.0 Å². The average molecular weight is 245 g/mol. The van der Waals surface area contributed by atoms with E-state index in [-0.39, 0.29) is 24.9 Å². The van der Waals surface area contributed by atoms with Gasteiger partial charge in [-0.2, -0.15) is 4.98 Å². The fourth-order valence-electron chi connectivity index (χ4n) is 1.30. The number of ether oxygens (including phenoxy) is 1. The largest absolute Gasteiger partial charge is 0.395 e. The maximum atomic E-state index is 13.5. The van der Waals surface area contributed by atoms with E-state index in [0.29, 0.717) is 13.2 Å². The summed E-state index contributed by atoms with van der Waals surface area (Å²) in [5, 5.41) is 8.93. The minimum absolute atomic E-state index is 0.0825. The Labute approximate surface area is 98.4 Å². The van der Waals surface area contributed by atoms with Crippen LogP contribution in [0.2, 0.25) is 0 Å². The van der Waals surface area contributed by atoms with Crippen molar-refractivity contribution in [2.24, 2.45) is 5.84 Å². The van der Waals surface area contributed by atoms with Crippen LogP contribution < -0.4 is 16.2 Å². The zero-order valence-electron chi connectivity index (χ0n) is 9.56. The van der Waals surface area contributed by atoms with E-state index < -0.39 is 5.82 Å². The van der Waals surface area contributed by atoms with Gasteiger partial charge in [-0.25, -0.2) is 15.2 Å². The highest BCUT2D eigenvalue weighted by molar-refractivity contribution is 5.43. The highest BCUT2D eigenvalue weighted by atomic mass is 19.1. The Morgan fingerprint density at radius 1 is 1.59 bits per heavy atom. The van der Waals surface area contributed by atoms with Crippen LogP contribution in [0.4, 0.5) is 16.2 Å². The number of rotatable bonds is 7. The van der Waals surface area contributed by atoms with Crippen molar-refractivity contribution in [2.45, 2.75) is 0 Å². The number of aliphatic hydroxyl groups excluding tert-OH is 1. The summed E-state index contributed by atoms with van der Waals surface area (Å²) in [7, 11) is 1.54. The molecule has 1 rings (SSSR count). The van der Waals surface area contributed by atoms with Gasteiger partial charge in [-0.1, -0.05) is 0 Å². The maximum absolute atomic E-state index is 13.5. The third-order valence-electron chi connectivity index (χ3n) is 2.09. The van der Waals surface area contributed by atoms with Crippen molar-refractivity contribution in [1.82, 2.24) is 9.97 Å². The molecule has 0 amide bonds. The number of aliphatic hydroxyl groups is 1. The second-order valence-corrected chi connectivity index (χ2v) is 3.21. The van der Waals surface area contributed by atoms with Crippen LogP contribution in [0.15, 0.2) is 6.20 Å². The molecule has 7 nitrogen and oxygen atoms in total. The topological polar surface area (TPSA) is 96.5 Å². The van der Waals surface area contributed by atoms with Gasteiger partial charge in [-0.3, -0.25) is 5.43 Å². The lowest BCUT2D eigenvalue weighted by Gasteiger charge is -2.22. The van der Waals surface area contributed by atoms with Crippen molar-refractivity contribution in [2.75, 3.05) is 43.7 Å². The number of nitrogen functional groups attached to an aromatic ring is 1. The summed E-state index contributed by atoms with van der Waals surface area (Å²) in [6.45, 7) is 0.948. The highest BCUT2D eigenvalue weighted by Crippen LogP contribution is 2.16. The van der Waals surface area contributed by atoms with E-state index in [2.05, 4.69) is 15.4 Å². The highest BCUT2D eigenvalue weighted by Gasteiger charge is 2.14. The van der Waals surface area contributed by atoms with E-state index in [1.165, 1.54) is 0 Å². The van der Waals surface area contributed by atoms with Crippen molar-refractivity contribution in [1.29, 1.82) is 0 Å². The van der Waals surface area contributed by atoms with E-state index in [9.17, 15) is 4.39 Å². The minimum Gasteiger partial charge on any atom is -0.395 e. The number of halogens is 1. The Hall–Kier alpha value is -1.51. The fraction of sp³-hybridized carbons (Fsp3) is 0.556. The first-order valence-electron chi connectivity index (χ1n) is 5.06. The second-order valence-electron chi connectivity index (χ2n) is 3.21. The van der Waals surface area contributed by atoms with Crippen LogP contribution >= 0.6 is 0 Å². The number of methoxy groups -OCH3 is 1. The van der Waals surface area contributed by atoms with Gasteiger partial charge >= 0.3 is 0 Å². The summed E-state index contributed by atoms with van der Waals surface area (Å²) >= 11 is 0. The number of aromatic nitrogens is 2. The van der Waals surface area contributed by atoms with E-state index in [4.69, 9.17) is 15.7 Å². The second kappa shape index (κ2) is 6.94. The number of nitrogens with two attached hydrogens (primary N) is 1. The van der Waals surface area contributed by atoms with Gasteiger partial charge in [0.05, 0.1) is 19.4 Å². The molecule has 1 heterocycles. The van der Waals surface area contributed by atoms with E-state index in [1.807, 2.05) is 0 Å². The predicted octanol–water partition coefficient (Wildman–Crippen LogP) is -0.654. The molecular weight excluding hydrogens is 229 g/mol. The molecule has 0 atom stereocenters. The van der Waals surface area contributed by atoms with Gasteiger partial charge in [0.15, 0.2) is 11.6 Å². The summed E-state index contributed by atoms with van der Waals surface area (Å²) in [5.41, 5.74) is 2.24. The average Bonchev–Trinajstić information content (AvgIpc) is 2.35. The van der Waals surface area contributed by atoms with Crippen molar-refractivity contribution in [3.63, 3.8) is 0 Å². The van der Waals surface area contributed by atoms with Crippen molar-refractivity contribution < 1.29 is 14.2 Å². The molecule has 0 spiro atoms. The van der Waals surface area contributed by atoms with Crippen LogP contribution in [-0.2, 0) is 4.74 Å². The van der Waals surface area contributed by atoms with Gasteiger partial charge in [0, 0.05) is 20.2 Å². The molecular formula is C9H16FN5O2. The van der Waals surface area contributed by atoms with E-state index in [1.54, 1.807) is 12.0 Å². The normalized spacial score (nSPS) is 10.4. The summed E-state index contributed by atoms with van der Waals surface area (Å²) in [6, 6.07) is 0. The molecule has 96 valence electrons. The lowest BCUT2D eigenvalue weighted by atomic mass is 10.4. The number of hydrogen-bond donors (Lipinski definition) is 3. The lowest BCUT2D eigenvalue weighted by Crippen LogP contribution is -2.32. The monoisotopic (exact) mass is 245 g/mol. The molecule has 0 aliphatic heterocycles. The number of nitrogens with zero attached hydrogens (tertiary/aromatic N) is 3. The minimum atomic E-state index is -0.575. The van der Waals surface area contributed by atoms with Crippen LogP contribution in [0.25, 0.3) is 0 Å².